The molecule has 1 aromatic carbocycles. The number of fused-ring (bicyclic) bond motifs is 1. The number of halogens is 2. The predicted molar refractivity (Wildman–Crippen MR) is 107 cm³/mol. The van der Waals surface area contributed by atoms with Crippen molar-refractivity contribution in [2.24, 2.45) is 11.0 Å². The second-order valence-corrected chi connectivity index (χ2v) is 8.33. The van der Waals surface area contributed by atoms with Gasteiger partial charge in [-0.2, -0.15) is 5.10 Å². The van der Waals surface area contributed by atoms with Crippen molar-refractivity contribution in [3.8, 4) is 0 Å². The van der Waals surface area contributed by atoms with Crippen molar-refractivity contribution in [1.29, 1.82) is 0 Å². The van der Waals surface area contributed by atoms with E-state index in [9.17, 15) is 19.2 Å². The number of Topliss-reactive ketones (excluding diaryl/α,β-unsaturated/α-hetero) is 1. The van der Waals surface area contributed by atoms with Crippen LogP contribution in [0.1, 0.15) is 27.2 Å². The SMILES string of the molecule is COC(=O)C1=NN(C(C)(C)CC(C)=O)C2C(=O)N(c3c(Cl)cccc3Cl)C(=O)C12. The first kappa shape index (κ1) is 21.3. The van der Waals surface area contributed by atoms with E-state index in [0.29, 0.717) is 0 Å². The fraction of sp³-hybridized carbons (Fsp3) is 0.421. The fourth-order valence-corrected chi connectivity index (χ4v) is 4.37. The van der Waals surface area contributed by atoms with Crippen molar-refractivity contribution in [1.82, 2.24) is 5.01 Å². The Bertz CT molecular complexity index is 939. The Morgan fingerprint density at radius 1 is 1.17 bits per heavy atom. The predicted octanol–water partition coefficient (Wildman–Crippen LogP) is 2.45. The summed E-state index contributed by atoms with van der Waals surface area (Å²) >= 11 is 12.4. The van der Waals surface area contributed by atoms with E-state index >= 15 is 0 Å². The van der Waals surface area contributed by atoms with Gasteiger partial charge in [0.15, 0.2) is 5.71 Å². The van der Waals surface area contributed by atoms with Crippen LogP contribution >= 0.6 is 23.2 Å². The first-order valence-corrected chi connectivity index (χ1v) is 9.54. The number of carbonyl (C=O) groups is 4. The summed E-state index contributed by atoms with van der Waals surface area (Å²) in [6.07, 6.45) is 0.0580. The van der Waals surface area contributed by atoms with E-state index in [2.05, 4.69) is 5.10 Å². The molecule has 3 rings (SSSR count). The zero-order valence-corrected chi connectivity index (χ0v) is 17.7. The number of ether oxygens (including phenoxy) is 1. The maximum atomic E-state index is 13.3. The summed E-state index contributed by atoms with van der Waals surface area (Å²) in [7, 11) is 1.16. The topological polar surface area (TPSA) is 96.3 Å². The van der Waals surface area contributed by atoms with Gasteiger partial charge in [-0.3, -0.25) is 19.4 Å². The molecular weight excluding hydrogens is 421 g/mol. The Morgan fingerprint density at radius 2 is 1.76 bits per heavy atom. The quantitative estimate of drug-likeness (QED) is 0.516. The summed E-state index contributed by atoms with van der Waals surface area (Å²) in [6, 6.07) is 3.48. The second kappa shape index (κ2) is 7.42. The molecule has 0 saturated carbocycles. The molecule has 1 saturated heterocycles. The lowest BCUT2D eigenvalue weighted by atomic mass is 9.92. The van der Waals surface area contributed by atoms with Crippen molar-refractivity contribution in [3.05, 3.63) is 28.2 Å². The van der Waals surface area contributed by atoms with Gasteiger partial charge < -0.3 is 4.74 Å². The number of rotatable bonds is 5. The molecule has 2 aliphatic rings. The van der Waals surface area contributed by atoms with E-state index in [-0.39, 0.29) is 33.6 Å². The highest BCUT2D eigenvalue weighted by Gasteiger charge is 2.61. The third kappa shape index (κ3) is 3.40. The van der Waals surface area contributed by atoms with Crippen LogP contribution in [0, 0.1) is 5.92 Å². The van der Waals surface area contributed by atoms with Crippen LogP contribution in [0.4, 0.5) is 5.69 Å². The molecule has 0 bridgehead atoms. The van der Waals surface area contributed by atoms with Crippen LogP contribution in [0.25, 0.3) is 0 Å². The van der Waals surface area contributed by atoms with Gasteiger partial charge in [0.25, 0.3) is 5.91 Å². The van der Waals surface area contributed by atoms with Crippen LogP contribution in [0.2, 0.25) is 10.0 Å². The largest absolute Gasteiger partial charge is 0.464 e. The number of esters is 1. The van der Waals surface area contributed by atoms with E-state index in [1.54, 1.807) is 19.9 Å². The van der Waals surface area contributed by atoms with Crippen LogP contribution in [0.3, 0.4) is 0 Å². The Hall–Kier alpha value is -2.45. The normalized spacial score (nSPS) is 21.4. The first-order chi connectivity index (χ1) is 13.5. The number of nitrogens with zero attached hydrogens (tertiary/aromatic N) is 3. The van der Waals surface area contributed by atoms with Gasteiger partial charge >= 0.3 is 5.97 Å². The van der Waals surface area contributed by atoms with Gasteiger partial charge in [0.05, 0.1) is 28.4 Å². The molecule has 0 aromatic heterocycles. The molecule has 2 unspecified atom stereocenters. The smallest absolute Gasteiger partial charge is 0.355 e. The minimum Gasteiger partial charge on any atom is -0.464 e. The molecule has 2 atom stereocenters. The van der Waals surface area contributed by atoms with Crippen molar-refractivity contribution >= 4 is 58.2 Å². The van der Waals surface area contributed by atoms with Gasteiger partial charge in [-0.05, 0) is 32.9 Å². The van der Waals surface area contributed by atoms with E-state index in [1.807, 2.05) is 0 Å². The molecule has 2 amide bonds. The Labute approximate surface area is 177 Å². The molecule has 154 valence electrons. The molecule has 0 spiro atoms. The van der Waals surface area contributed by atoms with Gasteiger partial charge in [0, 0.05) is 6.42 Å². The van der Waals surface area contributed by atoms with Crippen LogP contribution < -0.4 is 4.90 Å². The number of hydrazone groups is 1. The maximum absolute atomic E-state index is 13.3. The standard InChI is InChI=1S/C19H19Cl2N3O5/c1-9(25)8-19(2,3)24-15-12(13(22-24)18(28)29-4)16(26)23(17(15)27)14-10(20)6-5-7-11(14)21/h5-7,12,15H,8H2,1-4H3. The highest BCUT2D eigenvalue weighted by atomic mass is 35.5. The molecule has 10 heteroatoms. The molecule has 8 nitrogen and oxygen atoms in total. The monoisotopic (exact) mass is 439 g/mol. The third-order valence-corrected chi connectivity index (χ3v) is 5.52. The summed E-state index contributed by atoms with van der Waals surface area (Å²) in [6.45, 7) is 4.83. The molecule has 1 fully saturated rings. The number of methoxy groups -OCH3 is 1. The van der Waals surface area contributed by atoms with Gasteiger partial charge in [-0.1, -0.05) is 29.3 Å². The van der Waals surface area contributed by atoms with Gasteiger partial charge in [-0.15, -0.1) is 0 Å². The number of hydrogen-bond acceptors (Lipinski definition) is 7. The molecule has 0 radical (unpaired) electrons. The summed E-state index contributed by atoms with van der Waals surface area (Å²) < 4.78 is 4.76. The third-order valence-electron chi connectivity index (χ3n) is 4.91. The minimum atomic E-state index is -1.19. The zero-order chi connectivity index (χ0) is 21.7. The van der Waals surface area contributed by atoms with Gasteiger partial charge in [0.2, 0.25) is 5.91 Å². The number of hydrogen-bond donors (Lipinski definition) is 0. The summed E-state index contributed by atoms with van der Waals surface area (Å²) in [4.78, 5) is 51.5. The molecular formula is C19H19Cl2N3O5. The average molecular weight is 440 g/mol. The fourth-order valence-electron chi connectivity index (χ4n) is 3.81. The van der Waals surface area contributed by atoms with Gasteiger partial charge in [-0.25, -0.2) is 9.69 Å². The van der Waals surface area contributed by atoms with Crippen LogP contribution in [0.15, 0.2) is 23.3 Å². The number of amides is 2. The zero-order valence-electron chi connectivity index (χ0n) is 16.2. The molecule has 0 aliphatic carbocycles. The lowest BCUT2D eigenvalue weighted by Crippen LogP contribution is -2.50. The highest BCUT2D eigenvalue weighted by Crippen LogP contribution is 2.43. The summed E-state index contributed by atoms with van der Waals surface area (Å²) in [5.41, 5.74) is -1.08. The number of imide groups is 1. The van der Waals surface area contributed by atoms with Gasteiger partial charge in [0.1, 0.15) is 17.7 Å². The number of ketones is 1. The molecule has 0 N–H and O–H groups in total. The van der Waals surface area contributed by atoms with Crippen molar-refractivity contribution in [2.75, 3.05) is 12.0 Å². The second-order valence-electron chi connectivity index (χ2n) is 7.52. The minimum absolute atomic E-state index is 0.0498. The van der Waals surface area contributed by atoms with E-state index in [0.717, 1.165) is 12.0 Å². The van der Waals surface area contributed by atoms with Crippen molar-refractivity contribution in [3.63, 3.8) is 0 Å². The van der Waals surface area contributed by atoms with E-state index < -0.39 is 35.3 Å². The van der Waals surface area contributed by atoms with Crippen LogP contribution in [0.5, 0.6) is 0 Å². The molecule has 2 heterocycles. The Kier molecular flexibility index (Phi) is 5.44. The number of carbonyl (C=O) groups excluding carboxylic acids is 4. The highest BCUT2D eigenvalue weighted by molar-refractivity contribution is 6.48. The van der Waals surface area contributed by atoms with Crippen LogP contribution in [-0.4, -0.2) is 53.0 Å². The number of para-hydroxylation sites is 1. The molecule has 2 aliphatic heterocycles. The van der Waals surface area contributed by atoms with E-state index in [1.165, 1.54) is 24.1 Å². The lowest BCUT2D eigenvalue weighted by Gasteiger charge is -2.36. The Balaban J connectivity index is 2.13. The summed E-state index contributed by atoms with van der Waals surface area (Å²) in [5, 5.41) is 5.81. The first-order valence-electron chi connectivity index (χ1n) is 8.78. The van der Waals surface area contributed by atoms with Crippen molar-refractivity contribution in [2.45, 2.75) is 38.8 Å². The number of benzene rings is 1. The van der Waals surface area contributed by atoms with Crippen LogP contribution in [-0.2, 0) is 23.9 Å². The van der Waals surface area contributed by atoms with E-state index in [4.69, 9.17) is 27.9 Å². The average Bonchev–Trinajstić information content (AvgIpc) is 3.13. The maximum Gasteiger partial charge on any atom is 0.355 e. The molecule has 29 heavy (non-hydrogen) atoms. The van der Waals surface area contributed by atoms with Crippen molar-refractivity contribution < 1.29 is 23.9 Å². The number of anilines is 1. The molecule has 1 aromatic rings. The summed E-state index contributed by atoms with van der Waals surface area (Å²) in [5.74, 6) is -3.45. The Morgan fingerprint density at radius 3 is 2.28 bits per heavy atom. The lowest BCUT2D eigenvalue weighted by molar-refractivity contribution is -0.133.